The molecule has 8 heteroatoms. The van der Waals surface area contributed by atoms with E-state index < -0.39 is 11.9 Å². The Labute approximate surface area is 144 Å². The Kier molecular flexibility index (Phi) is 5.23. The van der Waals surface area contributed by atoms with E-state index in [9.17, 15) is 14.4 Å². The first-order chi connectivity index (χ1) is 11.0. The zero-order valence-electron chi connectivity index (χ0n) is 13.1. The first kappa shape index (κ1) is 17.9. The van der Waals surface area contributed by atoms with Crippen LogP contribution in [0.5, 0.6) is 0 Å². The van der Waals surface area contributed by atoms with Crippen LogP contribution in [0.2, 0.25) is 0 Å². The lowest BCUT2D eigenvalue weighted by Crippen LogP contribution is -2.32. The van der Waals surface area contributed by atoms with Crippen molar-refractivity contribution in [2.75, 3.05) is 13.1 Å². The van der Waals surface area contributed by atoms with E-state index in [4.69, 9.17) is 5.11 Å². The van der Waals surface area contributed by atoms with Gasteiger partial charge in [-0.05, 0) is 12.5 Å². The van der Waals surface area contributed by atoms with Crippen LogP contribution in [0, 0.1) is 5.92 Å². The van der Waals surface area contributed by atoms with E-state index in [1.165, 1.54) is 4.68 Å². The third kappa shape index (κ3) is 3.26. The molecule has 0 spiro atoms. The Morgan fingerprint density at radius 2 is 1.96 bits per heavy atom. The highest BCUT2D eigenvalue weighted by molar-refractivity contribution is 5.88. The topological polar surface area (TPSA) is 92.5 Å². The lowest BCUT2D eigenvalue weighted by atomic mass is 10.1. The molecule has 1 aromatic carbocycles. The molecule has 128 valence electrons. The fourth-order valence-corrected chi connectivity index (χ4v) is 2.95. The van der Waals surface area contributed by atoms with Gasteiger partial charge < -0.3 is 10.0 Å². The van der Waals surface area contributed by atoms with Crippen molar-refractivity contribution in [3.63, 3.8) is 0 Å². The molecule has 1 atom stereocenters. The average Bonchev–Trinajstić information content (AvgIpc) is 3.03. The number of carbonyl (C=O) groups is 2. The third-order valence-corrected chi connectivity index (χ3v) is 4.24. The highest BCUT2D eigenvalue weighted by Gasteiger charge is 2.31. The molecule has 0 bridgehead atoms. The highest BCUT2D eigenvalue weighted by Crippen LogP contribution is 2.19. The largest absolute Gasteiger partial charge is 0.481 e. The maximum absolute atomic E-state index is 12.4. The summed E-state index contributed by atoms with van der Waals surface area (Å²) in [5, 5.41) is 14.4. The molecule has 0 saturated carbocycles. The van der Waals surface area contributed by atoms with Gasteiger partial charge in [-0.25, -0.2) is 4.68 Å². The summed E-state index contributed by atoms with van der Waals surface area (Å²) in [6, 6.07) is 7.06. The molecule has 1 unspecified atom stereocenters. The number of aromatic nitrogens is 2. The van der Waals surface area contributed by atoms with Gasteiger partial charge in [0.25, 0.3) is 5.56 Å². The van der Waals surface area contributed by atoms with Gasteiger partial charge in [0.1, 0.15) is 0 Å². The van der Waals surface area contributed by atoms with E-state index in [2.05, 4.69) is 5.10 Å². The molecule has 24 heavy (non-hydrogen) atoms. The van der Waals surface area contributed by atoms with Gasteiger partial charge >= 0.3 is 5.97 Å². The van der Waals surface area contributed by atoms with Crippen LogP contribution in [0.25, 0.3) is 10.8 Å². The van der Waals surface area contributed by atoms with Crippen LogP contribution in [0.1, 0.15) is 12.1 Å². The van der Waals surface area contributed by atoms with Crippen molar-refractivity contribution in [1.82, 2.24) is 14.7 Å². The van der Waals surface area contributed by atoms with E-state index in [0.29, 0.717) is 29.4 Å². The molecule has 0 radical (unpaired) electrons. The molecule has 0 aliphatic carbocycles. The number of aryl methyl sites for hydroxylation is 1. The van der Waals surface area contributed by atoms with Crippen LogP contribution >= 0.6 is 12.4 Å². The van der Waals surface area contributed by atoms with Gasteiger partial charge in [0, 0.05) is 25.5 Å². The second-order valence-electron chi connectivity index (χ2n) is 5.76. The quantitative estimate of drug-likeness (QED) is 0.884. The fraction of sp³-hybridized carbons (Fsp3) is 0.375. The Morgan fingerprint density at radius 1 is 1.29 bits per heavy atom. The maximum atomic E-state index is 12.4. The van der Waals surface area contributed by atoms with Crippen LogP contribution in [-0.2, 0) is 23.1 Å². The SMILES string of the molecule is Cl.Cn1nc(CC(=O)N2CCC(C(=O)O)C2)c2ccccc2c1=O. The maximum Gasteiger partial charge on any atom is 0.308 e. The second-order valence-corrected chi connectivity index (χ2v) is 5.76. The van der Waals surface area contributed by atoms with Crippen molar-refractivity contribution in [3.05, 3.63) is 40.3 Å². The van der Waals surface area contributed by atoms with Gasteiger partial charge in [-0.2, -0.15) is 5.10 Å². The zero-order chi connectivity index (χ0) is 16.6. The van der Waals surface area contributed by atoms with Gasteiger partial charge in [-0.1, -0.05) is 18.2 Å². The smallest absolute Gasteiger partial charge is 0.308 e. The molecule has 3 rings (SSSR count). The predicted molar refractivity (Wildman–Crippen MR) is 90.3 cm³/mol. The van der Waals surface area contributed by atoms with E-state index in [1.54, 1.807) is 36.2 Å². The number of fused-ring (bicyclic) bond motifs is 1. The number of carboxylic acids is 1. The van der Waals surface area contributed by atoms with E-state index in [-0.39, 0.29) is 36.8 Å². The van der Waals surface area contributed by atoms with Crippen molar-refractivity contribution < 1.29 is 14.7 Å². The second kappa shape index (κ2) is 7.00. The van der Waals surface area contributed by atoms with Gasteiger partial charge in [-0.15, -0.1) is 12.4 Å². The third-order valence-electron chi connectivity index (χ3n) is 4.24. The number of rotatable bonds is 3. The van der Waals surface area contributed by atoms with E-state index in [1.807, 2.05) is 0 Å². The summed E-state index contributed by atoms with van der Waals surface area (Å²) in [4.78, 5) is 37.1. The lowest BCUT2D eigenvalue weighted by molar-refractivity contribution is -0.141. The molecule has 2 aromatic rings. The Balaban J connectivity index is 0.00000208. The van der Waals surface area contributed by atoms with E-state index >= 15 is 0 Å². The molecule has 1 fully saturated rings. The van der Waals surface area contributed by atoms with Crippen molar-refractivity contribution >= 4 is 35.1 Å². The standard InChI is InChI=1S/C16H17N3O4.ClH/c1-18-15(21)12-5-3-2-4-11(12)13(17-18)8-14(20)19-7-6-10(9-19)16(22)23;/h2-5,10H,6-9H2,1H3,(H,22,23);1H. The number of benzene rings is 1. The Hall–Kier alpha value is -2.41. The molecule has 1 saturated heterocycles. The average molecular weight is 352 g/mol. The van der Waals surface area contributed by atoms with Crippen molar-refractivity contribution in [2.45, 2.75) is 12.8 Å². The number of likely N-dealkylation sites (tertiary alicyclic amines) is 1. The lowest BCUT2D eigenvalue weighted by Gasteiger charge is -2.16. The zero-order valence-corrected chi connectivity index (χ0v) is 14.0. The van der Waals surface area contributed by atoms with Crippen LogP contribution in [0.15, 0.2) is 29.1 Å². The number of hydrogen-bond acceptors (Lipinski definition) is 4. The number of carbonyl (C=O) groups excluding carboxylic acids is 1. The van der Waals surface area contributed by atoms with Gasteiger partial charge in [0.15, 0.2) is 0 Å². The molecular weight excluding hydrogens is 334 g/mol. The molecule has 2 heterocycles. The first-order valence-electron chi connectivity index (χ1n) is 7.43. The molecule has 1 aliphatic rings. The summed E-state index contributed by atoms with van der Waals surface area (Å²) in [6.07, 6.45) is 0.531. The van der Waals surface area contributed by atoms with Crippen LogP contribution in [0.4, 0.5) is 0 Å². The van der Waals surface area contributed by atoms with Crippen LogP contribution in [-0.4, -0.2) is 44.8 Å². The van der Waals surface area contributed by atoms with Crippen LogP contribution in [0.3, 0.4) is 0 Å². The minimum Gasteiger partial charge on any atom is -0.481 e. The summed E-state index contributed by atoms with van der Waals surface area (Å²) in [7, 11) is 1.55. The summed E-state index contributed by atoms with van der Waals surface area (Å²) in [5.41, 5.74) is 0.329. The summed E-state index contributed by atoms with van der Waals surface area (Å²) >= 11 is 0. The Morgan fingerprint density at radius 3 is 2.58 bits per heavy atom. The molecular formula is C16H18ClN3O4. The monoisotopic (exact) mass is 351 g/mol. The van der Waals surface area contributed by atoms with E-state index in [0.717, 1.165) is 0 Å². The highest BCUT2D eigenvalue weighted by atomic mass is 35.5. The fourth-order valence-electron chi connectivity index (χ4n) is 2.95. The molecule has 1 aromatic heterocycles. The van der Waals surface area contributed by atoms with Crippen molar-refractivity contribution in [2.24, 2.45) is 13.0 Å². The van der Waals surface area contributed by atoms with Gasteiger partial charge in [-0.3, -0.25) is 14.4 Å². The molecule has 7 nitrogen and oxygen atoms in total. The number of carboxylic acid groups (broad SMARTS) is 1. The van der Waals surface area contributed by atoms with Crippen LogP contribution < -0.4 is 5.56 Å². The number of nitrogens with zero attached hydrogens (tertiary/aromatic N) is 3. The van der Waals surface area contributed by atoms with Crippen molar-refractivity contribution in [3.8, 4) is 0 Å². The normalized spacial score (nSPS) is 16.9. The molecule has 1 amide bonds. The number of halogens is 1. The molecule has 1 aliphatic heterocycles. The predicted octanol–water partition coefficient (Wildman–Crippen LogP) is 0.831. The van der Waals surface area contributed by atoms with Crippen molar-refractivity contribution in [1.29, 1.82) is 0 Å². The number of aliphatic carboxylic acids is 1. The molecule has 1 N–H and O–H groups in total. The summed E-state index contributed by atoms with van der Waals surface area (Å²) < 4.78 is 1.23. The number of amides is 1. The van der Waals surface area contributed by atoms with Gasteiger partial charge in [0.05, 0.1) is 23.4 Å². The number of hydrogen-bond donors (Lipinski definition) is 1. The summed E-state index contributed by atoms with van der Waals surface area (Å²) in [6.45, 7) is 0.678. The minimum absolute atomic E-state index is 0. The van der Waals surface area contributed by atoms with Gasteiger partial charge in [0.2, 0.25) is 5.91 Å². The summed E-state index contributed by atoms with van der Waals surface area (Å²) in [5.74, 6) is -1.53. The minimum atomic E-state index is -0.869. The Bertz CT molecular complexity index is 849. The first-order valence-corrected chi connectivity index (χ1v) is 7.43.